The first-order valence-electron chi connectivity index (χ1n) is 5.63. The molecule has 104 valence electrons. The first kappa shape index (κ1) is 13.9. The molecule has 0 unspecified atom stereocenters. The average Bonchev–Trinajstić information content (AvgIpc) is 2.40. The summed E-state index contributed by atoms with van der Waals surface area (Å²) >= 11 is 0. The summed E-state index contributed by atoms with van der Waals surface area (Å²) in [7, 11) is 0. The van der Waals surface area contributed by atoms with Gasteiger partial charge in [0, 0.05) is 17.3 Å². The molecule has 0 aliphatic rings. The minimum absolute atomic E-state index is 0.00900. The molecule has 20 heavy (non-hydrogen) atoms. The van der Waals surface area contributed by atoms with E-state index in [2.05, 4.69) is 0 Å². The largest absolute Gasteiger partial charge is 0.457 e. The van der Waals surface area contributed by atoms with Gasteiger partial charge in [-0.3, -0.25) is 0 Å². The molecule has 0 fully saturated rings. The van der Waals surface area contributed by atoms with Gasteiger partial charge in [-0.25, -0.2) is 18.0 Å². The molecule has 0 atom stereocenters. The van der Waals surface area contributed by atoms with Crippen molar-refractivity contribution in [1.82, 2.24) is 0 Å². The minimum atomic E-state index is -0.884. The molecule has 0 aromatic heterocycles. The predicted molar refractivity (Wildman–Crippen MR) is 66.3 cm³/mol. The molecule has 0 heterocycles. The molecule has 0 radical (unpaired) electrons. The lowest BCUT2D eigenvalue weighted by atomic mass is 10.2. The zero-order valence-corrected chi connectivity index (χ0v) is 10.2. The molecule has 0 spiro atoms. The number of carbonyl (C=O) groups excluding carboxylic acids is 1. The Morgan fingerprint density at radius 1 is 1.05 bits per heavy atom. The highest BCUT2D eigenvalue weighted by molar-refractivity contribution is 5.95. The molecule has 6 heteroatoms. The molecule has 0 aliphatic heterocycles. The average molecular weight is 281 g/mol. The van der Waals surface area contributed by atoms with Crippen LogP contribution in [-0.2, 0) is 11.3 Å². The Balaban J connectivity index is 2.10. The van der Waals surface area contributed by atoms with Gasteiger partial charge in [0.1, 0.15) is 24.1 Å². The number of carbonyl (C=O) groups is 1. The van der Waals surface area contributed by atoms with Gasteiger partial charge in [-0.15, -0.1) is 0 Å². The van der Waals surface area contributed by atoms with Crippen LogP contribution in [-0.4, -0.2) is 5.97 Å². The second-order valence-electron chi connectivity index (χ2n) is 4.04. The van der Waals surface area contributed by atoms with Gasteiger partial charge in [0.2, 0.25) is 0 Å². The van der Waals surface area contributed by atoms with Crippen molar-refractivity contribution in [1.29, 1.82) is 0 Å². The molecule has 0 saturated carbocycles. The van der Waals surface area contributed by atoms with Crippen molar-refractivity contribution in [3.8, 4) is 0 Å². The lowest BCUT2D eigenvalue weighted by molar-refractivity contribution is 0.0469. The van der Waals surface area contributed by atoms with Crippen molar-refractivity contribution in [2.24, 2.45) is 0 Å². The number of esters is 1. The number of hydrogen-bond acceptors (Lipinski definition) is 3. The van der Waals surface area contributed by atoms with Crippen LogP contribution in [0.1, 0.15) is 15.9 Å². The van der Waals surface area contributed by atoms with Crippen LogP contribution in [0.3, 0.4) is 0 Å². The van der Waals surface area contributed by atoms with Crippen molar-refractivity contribution < 1.29 is 22.7 Å². The van der Waals surface area contributed by atoms with Crippen LogP contribution in [0.5, 0.6) is 0 Å². The number of benzene rings is 2. The third-order valence-electron chi connectivity index (χ3n) is 2.61. The van der Waals surface area contributed by atoms with Crippen LogP contribution in [0.25, 0.3) is 0 Å². The fraction of sp³-hybridized carbons (Fsp3) is 0.0714. The maximum atomic E-state index is 13.3. The van der Waals surface area contributed by atoms with Gasteiger partial charge < -0.3 is 10.5 Å². The van der Waals surface area contributed by atoms with Crippen LogP contribution >= 0.6 is 0 Å². The number of ether oxygens (including phenoxy) is 1. The van der Waals surface area contributed by atoms with Crippen LogP contribution in [0.2, 0.25) is 0 Å². The minimum Gasteiger partial charge on any atom is -0.457 e. The SMILES string of the molecule is Nc1ccc(F)cc1C(=O)OCc1ccc(F)cc1F. The van der Waals surface area contributed by atoms with Gasteiger partial charge in [-0.1, -0.05) is 0 Å². The highest BCUT2D eigenvalue weighted by Crippen LogP contribution is 2.16. The number of anilines is 1. The maximum Gasteiger partial charge on any atom is 0.340 e. The molecule has 0 saturated heterocycles. The fourth-order valence-electron chi connectivity index (χ4n) is 1.57. The van der Waals surface area contributed by atoms with Crippen LogP contribution < -0.4 is 5.73 Å². The Hall–Kier alpha value is -2.50. The predicted octanol–water partition coefficient (Wildman–Crippen LogP) is 3.04. The van der Waals surface area contributed by atoms with Crippen molar-refractivity contribution in [3.05, 3.63) is 65.0 Å². The molecule has 0 bridgehead atoms. The Morgan fingerprint density at radius 2 is 1.70 bits per heavy atom. The van der Waals surface area contributed by atoms with Crippen LogP contribution in [0.15, 0.2) is 36.4 Å². The highest BCUT2D eigenvalue weighted by atomic mass is 19.1. The summed E-state index contributed by atoms with van der Waals surface area (Å²) in [4.78, 5) is 11.7. The molecule has 2 N–H and O–H groups in total. The standard InChI is InChI=1S/C14H10F3NO2/c15-9-3-4-13(18)11(5-9)14(19)20-7-8-1-2-10(16)6-12(8)17/h1-6H,7,18H2. The first-order chi connectivity index (χ1) is 9.47. The van der Waals surface area contributed by atoms with E-state index in [0.717, 1.165) is 24.3 Å². The first-order valence-corrected chi connectivity index (χ1v) is 5.63. The normalized spacial score (nSPS) is 10.3. The van der Waals surface area contributed by atoms with Crippen molar-refractivity contribution in [2.75, 3.05) is 5.73 Å². The van der Waals surface area contributed by atoms with E-state index in [1.54, 1.807) is 0 Å². The van der Waals surface area contributed by atoms with Crippen molar-refractivity contribution in [3.63, 3.8) is 0 Å². The lowest BCUT2D eigenvalue weighted by Crippen LogP contribution is -2.09. The Labute approximate surface area is 112 Å². The van der Waals surface area contributed by atoms with Gasteiger partial charge in [0.25, 0.3) is 0 Å². The van der Waals surface area contributed by atoms with Gasteiger partial charge in [-0.2, -0.15) is 0 Å². The highest BCUT2D eigenvalue weighted by Gasteiger charge is 2.13. The summed E-state index contributed by atoms with van der Waals surface area (Å²) in [5.74, 6) is -3.08. The third-order valence-corrected chi connectivity index (χ3v) is 2.61. The number of nitrogen functional groups attached to an aromatic ring is 1. The van der Waals surface area contributed by atoms with E-state index in [0.29, 0.717) is 6.07 Å². The zero-order valence-electron chi connectivity index (χ0n) is 10.2. The summed E-state index contributed by atoms with van der Waals surface area (Å²) in [6.07, 6.45) is 0. The number of halogens is 3. The molecular formula is C14H10F3NO2. The van der Waals surface area contributed by atoms with Crippen molar-refractivity contribution >= 4 is 11.7 Å². The van der Waals surface area contributed by atoms with E-state index in [1.165, 1.54) is 6.07 Å². The second kappa shape index (κ2) is 5.64. The molecule has 2 aromatic rings. The van der Waals surface area contributed by atoms with E-state index in [4.69, 9.17) is 10.5 Å². The van der Waals surface area contributed by atoms with E-state index in [9.17, 15) is 18.0 Å². The van der Waals surface area contributed by atoms with E-state index >= 15 is 0 Å². The van der Waals surface area contributed by atoms with Gasteiger partial charge in [0.15, 0.2) is 0 Å². The topological polar surface area (TPSA) is 52.3 Å². The van der Waals surface area contributed by atoms with E-state index < -0.39 is 30.0 Å². The summed E-state index contributed by atoms with van der Waals surface area (Å²) in [5, 5.41) is 0. The molecule has 0 aliphatic carbocycles. The fourth-order valence-corrected chi connectivity index (χ4v) is 1.57. The number of hydrogen-bond donors (Lipinski definition) is 1. The molecule has 0 amide bonds. The molecule has 2 aromatic carbocycles. The summed E-state index contributed by atoms with van der Waals surface area (Å²) in [6, 6.07) is 6.14. The van der Waals surface area contributed by atoms with Gasteiger partial charge in [-0.05, 0) is 30.3 Å². The summed E-state index contributed by atoms with van der Waals surface area (Å²) < 4.78 is 43.9. The number of nitrogens with two attached hydrogens (primary N) is 1. The van der Waals surface area contributed by atoms with Crippen molar-refractivity contribution in [2.45, 2.75) is 6.61 Å². The van der Waals surface area contributed by atoms with E-state index in [-0.39, 0.29) is 16.8 Å². The zero-order chi connectivity index (χ0) is 14.7. The monoisotopic (exact) mass is 281 g/mol. The molecule has 3 nitrogen and oxygen atoms in total. The quantitative estimate of drug-likeness (QED) is 0.695. The number of rotatable bonds is 3. The Bertz CT molecular complexity index is 659. The smallest absolute Gasteiger partial charge is 0.340 e. The second-order valence-corrected chi connectivity index (χ2v) is 4.04. The van der Waals surface area contributed by atoms with Crippen LogP contribution in [0, 0.1) is 17.5 Å². The molecular weight excluding hydrogens is 271 g/mol. The summed E-state index contributed by atoms with van der Waals surface area (Å²) in [6.45, 7) is -0.402. The van der Waals surface area contributed by atoms with E-state index in [1.807, 2.05) is 0 Å². The summed E-state index contributed by atoms with van der Waals surface area (Å²) in [5.41, 5.74) is 5.43. The maximum absolute atomic E-state index is 13.3. The van der Waals surface area contributed by atoms with Gasteiger partial charge in [0.05, 0.1) is 5.56 Å². The Kier molecular flexibility index (Phi) is 3.93. The van der Waals surface area contributed by atoms with Gasteiger partial charge >= 0.3 is 5.97 Å². The Morgan fingerprint density at radius 3 is 2.40 bits per heavy atom. The molecule has 2 rings (SSSR count). The lowest BCUT2D eigenvalue weighted by Gasteiger charge is -2.08. The van der Waals surface area contributed by atoms with Crippen LogP contribution in [0.4, 0.5) is 18.9 Å². The third kappa shape index (κ3) is 3.09.